The number of hydrogen-bond acceptors (Lipinski definition) is 0. The van der Waals surface area contributed by atoms with Gasteiger partial charge in [-0.1, -0.05) is 26.0 Å². The van der Waals surface area contributed by atoms with Crippen LogP contribution < -0.4 is 0 Å². The first kappa shape index (κ1) is 5.87. The summed E-state index contributed by atoms with van der Waals surface area (Å²) in [6, 6.07) is 0. The first-order valence-corrected chi connectivity index (χ1v) is 3.47. The molecule has 0 aromatic heterocycles. The van der Waals surface area contributed by atoms with E-state index in [1.165, 1.54) is 12.8 Å². The van der Waals surface area contributed by atoms with Crippen molar-refractivity contribution < 1.29 is 0 Å². The average molecular weight is 110 g/mol. The predicted octanol–water partition coefficient (Wildman–Crippen LogP) is 2.61. The molecule has 0 radical (unpaired) electrons. The zero-order chi connectivity index (χ0) is 5.98. The van der Waals surface area contributed by atoms with Crippen LogP contribution in [0.1, 0.15) is 26.7 Å². The van der Waals surface area contributed by atoms with Crippen molar-refractivity contribution in [1.82, 2.24) is 0 Å². The van der Waals surface area contributed by atoms with Crippen molar-refractivity contribution in [2.75, 3.05) is 0 Å². The highest BCUT2D eigenvalue weighted by Gasteiger charge is 2.16. The molecule has 0 amide bonds. The van der Waals surface area contributed by atoms with E-state index in [0.29, 0.717) is 0 Å². The number of hydrogen-bond donors (Lipinski definition) is 0. The van der Waals surface area contributed by atoms with Crippen molar-refractivity contribution in [3.63, 3.8) is 0 Å². The standard InChI is InChI=1S/C8H14/c1-7(2)3-4-8-5-6-8/h3-4,7-8H,5-6H2,1-2H3/b4-3-. The molecule has 0 spiro atoms. The van der Waals surface area contributed by atoms with Crippen LogP contribution in [-0.4, -0.2) is 0 Å². The summed E-state index contributed by atoms with van der Waals surface area (Å²) in [4.78, 5) is 0. The molecule has 1 saturated carbocycles. The Morgan fingerprint density at radius 2 is 2.00 bits per heavy atom. The second kappa shape index (κ2) is 2.34. The van der Waals surface area contributed by atoms with Gasteiger partial charge in [-0.15, -0.1) is 0 Å². The van der Waals surface area contributed by atoms with Crippen LogP contribution >= 0.6 is 0 Å². The second-order valence-electron chi connectivity index (χ2n) is 2.97. The average Bonchev–Trinajstić information content (AvgIpc) is 2.41. The molecule has 8 heavy (non-hydrogen) atoms. The molecule has 1 rings (SSSR count). The summed E-state index contributed by atoms with van der Waals surface area (Å²) in [5.41, 5.74) is 0. The van der Waals surface area contributed by atoms with E-state index >= 15 is 0 Å². The van der Waals surface area contributed by atoms with Crippen LogP contribution in [0.4, 0.5) is 0 Å². The largest absolute Gasteiger partial charge is 0.0857 e. The Bertz CT molecular complexity index is 82.2. The van der Waals surface area contributed by atoms with Gasteiger partial charge in [0.2, 0.25) is 0 Å². The molecule has 0 bridgehead atoms. The van der Waals surface area contributed by atoms with Crippen LogP contribution in [-0.2, 0) is 0 Å². The maximum Gasteiger partial charge on any atom is -0.0233 e. The van der Waals surface area contributed by atoms with E-state index in [1.54, 1.807) is 0 Å². The third-order valence-corrected chi connectivity index (χ3v) is 1.39. The summed E-state index contributed by atoms with van der Waals surface area (Å²) in [5.74, 6) is 1.70. The van der Waals surface area contributed by atoms with Crippen LogP contribution in [0.2, 0.25) is 0 Å². The van der Waals surface area contributed by atoms with Crippen LogP contribution in [0.3, 0.4) is 0 Å². The molecule has 0 heteroatoms. The highest BCUT2D eigenvalue weighted by Crippen LogP contribution is 2.30. The van der Waals surface area contributed by atoms with Crippen molar-refractivity contribution in [1.29, 1.82) is 0 Å². The molecule has 1 fully saturated rings. The summed E-state index contributed by atoms with van der Waals surface area (Å²) in [6.07, 6.45) is 7.52. The Hall–Kier alpha value is -0.260. The molecule has 0 nitrogen and oxygen atoms in total. The van der Waals surface area contributed by atoms with Crippen LogP contribution in [0, 0.1) is 11.8 Å². The van der Waals surface area contributed by atoms with E-state index in [4.69, 9.17) is 0 Å². The molecule has 46 valence electrons. The fourth-order valence-electron chi connectivity index (χ4n) is 0.668. The Kier molecular flexibility index (Phi) is 1.72. The summed E-state index contributed by atoms with van der Waals surface area (Å²) < 4.78 is 0. The molecule has 0 atom stereocenters. The summed E-state index contributed by atoms with van der Waals surface area (Å²) >= 11 is 0. The van der Waals surface area contributed by atoms with E-state index in [2.05, 4.69) is 26.0 Å². The Balaban J connectivity index is 2.13. The van der Waals surface area contributed by atoms with Gasteiger partial charge in [0.1, 0.15) is 0 Å². The molecule has 1 aliphatic rings. The second-order valence-corrected chi connectivity index (χ2v) is 2.97. The molecule has 0 aromatic carbocycles. The first-order valence-electron chi connectivity index (χ1n) is 3.47. The van der Waals surface area contributed by atoms with Crippen LogP contribution in [0.25, 0.3) is 0 Å². The third kappa shape index (κ3) is 2.15. The molecule has 0 aromatic rings. The fraction of sp³-hybridized carbons (Fsp3) is 0.750. The molecule has 0 heterocycles. The normalized spacial score (nSPS) is 20.9. The molecule has 0 saturated heterocycles. The zero-order valence-electron chi connectivity index (χ0n) is 5.72. The predicted molar refractivity (Wildman–Crippen MR) is 36.7 cm³/mol. The smallest absolute Gasteiger partial charge is 0.0233 e. The lowest BCUT2D eigenvalue weighted by molar-refractivity contribution is 0.822. The molecular formula is C8H14. The Morgan fingerprint density at radius 1 is 1.38 bits per heavy atom. The molecule has 0 N–H and O–H groups in total. The van der Waals surface area contributed by atoms with Crippen molar-refractivity contribution in [2.45, 2.75) is 26.7 Å². The molecular weight excluding hydrogens is 96.1 g/mol. The first-order chi connectivity index (χ1) is 3.79. The fourth-order valence-corrected chi connectivity index (χ4v) is 0.668. The lowest BCUT2D eigenvalue weighted by Crippen LogP contribution is -1.76. The highest BCUT2D eigenvalue weighted by molar-refractivity contribution is 4.96. The van der Waals surface area contributed by atoms with E-state index in [0.717, 1.165) is 11.8 Å². The van der Waals surface area contributed by atoms with Crippen molar-refractivity contribution in [3.05, 3.63) is 12.2 Å². The monoisotopic (exact) mass is 110 g/mol. The summed E-state index contributed by atoms with van der Waals surface area (Å²) in [6.45, 7) is 4.44. The van der Waals surface area contributed by atoms with Gasteiger partial charge in [0.15, 0.2) is 0 Å². The lowest BCUT2D eigenvalue weighted by Gasteiger charge is -1.89. The van der Waals surface area contributed by atoms with Crippen molar-refractivity contribution in [2.24, 2.45) is 11.8 Å². The van der Waals surface area contributed by atoms with Gasteiger partial charge in [-0.3, -0.25) is 0 Å². The molecule has 0 aliphatic heterocycles. The SMILES string of the molecule is CC(C)/C=C\C1CC1. The van der Waals surface area contributed by atoms with E-state index < -0.39 is 0 Å². The van der Waals surface area contributed by atoms with Gasteiger partial charge in [0.05, 0.1) is 0 Å². The van der Waals surface area contributed by atoms with Crippen molar-refractivity contribution >= 4 is 0 Å². The maximum atomic E-state index is 2.35. The van der Waals surface area contributed by atoms with Gasteiger partial charge in [-0.25, -0.2) is 0 Å². The van der Waals surface area contributed by atoms with Gasteiger partial charge in [-0.2, -0.15) is 0 Å². The van der Waals surface area contributed by atoms with Gasteiger partial charge in [0.25, 0.3) is 0 Å². The van der Waals surface area contributed by atoms with Gasteiger partial charge in [0, 0.05) is 0 Å². The molecule has 0 unspecified atom stereocenters. The molecule has 1 aliphatic carbocycles. The quantitative estimate of drug-likeness (QED) is 0.479. The minimum Gasteiger partial charge on any atom is -0.0857 e. The minimum absolute atomic E-state index is 0.746. The Labute approximate surface area is 51.6 Å². The Morgan fingerprint density at radius 3 is 2.38 bits per heavy atom. The topological polar surface area (TPSA) is 0 Å². The van der Waals surface area contributed by atoms with E-state index in [1.807, 2.05) is 0 Å². The van der Waals surface area contributed by atoms with Gasteiger partial charge < -0.3 is 0 Å². The minimum atomic E-state index is 0.746. The van der Waals surface area contributed by atoms with Gasteiger partial charge >= 0.3 is 0 Å². The van der Waals surface area contributed by atoms with E-state index in [9.17, 15) is 0 Å². The summed E-state index contributed by atoms with van der Waals surface area (Å²) in [7, 11) is 0. The van der Waals surface area contributed by atoms with Crippen molar-refractivity contribution in [3.8, 4) is 0 Å². The van der Waals surface area contributed by atoms with Crippen LogP contribution in [0.5, 0.6) is 0 Å². The number of allylic oxidation sites excluding steroid dienone is 2. The number of rotatable bonds is 2. The van der Waals surface area contributed by atoms with Crippen LogP contribution in [0.15, 0.2) is 12.2 Å². The third-order valence-electron chi connectivity index (χ3n) is 1.39. The summed E-state index contributed by atoms with van der Waals surface area (Å²) in [5, 5.41) is 0. The highest BCUT2D eigenvalue weighted by atomic mass is 14.2. The lowest BCUT2D eigenvalue weighted by atomic mass is 10.2. The zero-order valence-corrected chi connectivity index (χ0v) is 5.72. The maximum absolute atomic E-state index is 2.35. The van der Waals surface area contributed by atoms with E-state index in [-0.39, 0.29) is 0 Å². The van der Waals surface area contributed by atoms with Gasteiger partial charge in [-0.05, 0) is 24.7 Å².